The highest BCUT2D eigenvalue weighted by Gasteiger charge is 2.56. The Morgan fingerprint density at radius 2 is 0.742 bits per heavy atom. The number of carbonyl (C=O) groups excluding carboxylic acids is 4. The summed E-state index contributed by atoms with van der Waals surface area (Å²) in [6.07, 6.45) is -39.6. The van der Waals surface area contributed by atoms with Gasteiger partial charge in [0, 0.05) is 11.1 Å². The highest BCUT2D eigenvalue weighted by atomic mass is 16.7. The largest absolute Gasteiger partial charge is 0.394 e. The van der Waals surface area contributed by atoms with Crippen molar-refractivity contribution in [2.45, 2.75) is 175 Å². The van der Waals surface area contributed by atoms with Gasteiger partial charge in [-0.15, -0.1) is 0 Å². The molecule has 4 aliphatic rings. The van der Waals surface area contributed by atoms with E-state index in [9.17, 15) is 90.7 Å². The summed E-state index contributed by atoms with van der Waals surface area (Å²) in [5, 5.41) is 153. The third kappa shape index (κ3) is 12.8. The van der Waals surface area contributed by atoms with E-state index in [1.54, 1.807) is 41.5 Å². The van der Waals surface area contributed by atoms with Gasteiger partial charge in [0.1, 0.15) is 111 Å². The quantitative estimate of drug-likeness (QED) is 0.0719. The van der Waals surface area contributed by atoms with Crippen LogP contribution in [0.3, 0.4) is 0 Å². The zero-order valence-electron chi connectivity index (χ0n) is 37.0. The maximum Gasteiger partial charge on any atom is 0.314 e. The lowest BCUT2D eigenvalue weighted by Crippen LogP contribution is -2.70. The van der Waals surface area contributed by atoms with Crippen molar-refractivity contribution in [1.29, 1.82) is 0 Å². The minimum absolute atomic E-state index is 0.304. The number of nitrogens with one attached hydrogen (secondary N) is 2. The Kier molecular flexibility index (Phi) is 19.1. The van der Waals surface area contributed by atoms with Gasteiger partial charge >= 0.3 is 11.8 Å². The third-order valence-corrected chi connectivity index (χ3v) is 10.9. The monoisotopic (exact) mass is 962 g/mol. The summed E-state index contributed by atoms with van der Waals surface area (Å²) in [5.41, 5.74) is -1.97. The molecule has 0 unspecified atom stereocenters. The van der Waals surface area contributed by atoms with E-state index < -0.39 is 197 Å². The van der Waals surface area contributed by atoms with E-state index in [0.29, 0.717) is 9.80 Å². The molecule has 0 aliphatic carbocycles. The molecule has 0 spiro atoms. The Bertz CT molecular complexity index is 1510. The fourth-order valence-electron chi connectivity index (χ4n) is 7.68. The summed E-state index contributed by atoms with van der Waals surface area (Å²) < 4.78 is 33.4. The van der Waals surface area contributed by atoms with Gasteiger partial charge in [0.2, 0.25) is 11.8 Å². The number of hydrogen-bond donors (Lipinski definition) is 16. The van der Waals surface area contributed by atoms with Gasteiger partial charge < -0.3 is 111 Å². The molecule has 0 aromatic carbocycles. The van der Waals surface area contributed by atoms with Crippen LogP contribution in [0.4, 0.5) is 0 Å². The summed E-state index contributed by atoms with van der Waals surface area (Å²) in [6.45, 7) is 3.05. The molecular formula is C38H66N4O24. The van der Waals surface area contributed by atoms with Gasteiger partial charge in [-0.05, 0) is 41.5 Å². The van der Waals surface area contributed by atoms with Crippen LogP contribution in [0.15, 0.2) is 0 Å². The molecule has 28 nitrogen and oxygen atoms in total. The predicted molar refractivity (Wildman–Crippen MR) is 212 cm³/mol. The lowest BCUT2D eigenvalue weighted by molar-refractivity contribution is -0.348. The van der Waals surface area contributed by atoms with E-state index in [1.807, 2.05) is 0 Å². The van der Waals surface area contributed by atoms with Gasteiger partial charge in [0.05, 0.1) is 26.4 Å². The van der Waals surface area contributed by atoms with E-state index in [4.69, 9.17) is 28.4 Å². The number of aliphatic hydroxyl groups excluding tert-OH is 14. The summed E-state index contributed by atoms with van der Waals surface area (Å²) in [7, 11) is 0. The number of hydrogen-bond acceptors (Lipinski definition) is 24. The SMILES string of the molecule is CC(C)(C)NC(=O)CN(C(=O)C(=O)N(CC(=O)NC(C)(C)C)[C@@H]1O[C@H](CO)[C@@H](O[C@@H]2O[C@H](CO)[C@H](O)[C@H](O)[C@H]2O)[C@H](O)[C@H]1O)[C@@H]1O[C@H](CO)[C@@H](O[C@@H]2O[C@H](CO)[C@H](O)[C@H](O)[C@H]2O)[C@H](O)[C@H]1O. The number of rotatable bonds is 14. The highest BCUT2D eigenvalue weighted by Crippen LogP contribution is 2.33. The van der Waals surface area contributed by atoms with Crippen molar-refractivity contribution in [3.05, 3.63) is 0 Å². The van der Waals surface area contributed by atoms with Crippen LogP contribution in [-0.2, 0) is 47.6 Å². The Labute approximate surface area is 377 Å². The van der Waals surface area contributed by atoms with Crippen molar-refractivity contribution >= 4 is 23.6 Å². The zero-order chi connectivity index (χ0) is 49.9. The molecule has 4 saturated heterocycles. The van der Waals surface area contributed by atoms with E-state index in [-0.39, 0.29) is 0 Å². The van der Waals surface area contributed by atoms with E-state index in [2.05, 4.69) is 10.6 Å². The van der Waals surface area contributed by atoms with Crippen LogP contribution in [0.25, 0.3) is 0 Å². The first kappa shape index (κ1) is 55.7. The van der Waals surface area contributed by atoms with Gasteiger partial charge in [0.25, 0.3) is 0 Å². The van der Waals surface area contributed by atoms with Gasteiger partial charge in [-0.1, -0.05) is 0 Å². The van der Waals surface area contributed by atoms with Crippen LogP contribution < -0.4 is 10.6 Å². The standard InChI is InChI=1S/C38H66N4O24/c1-37(2,3)39-17(47)7-41(33-25(55)23(53)29(15(11-45)61-33)65-35-27(57)21(51)19(49)13(9-43)63-35)31(59)32(60)42(8-18(48)40-38(4,5)6)34-26(56)24(54)30(16(12-46)62-34)66-36-28(58)22(52)20(50)14(10-44)64-36/h13-16,19-30,33-36,43-46,49-58H,7-12H2,1-6H3,(H,39,47)(H,40,48)/t13-,14-,15-,16-,19+,20+,21+,22+,23-,24-,25-,26-,27-,28-,29-,30-,33-,34-,35+,36+/m1/s1. The van der Waals surface area contributed by atoms with Gasteiger partial charge in [-0.25, -0.2) is 0 Å². The van der Waals surface area contributed by atoms with Crippen LogP contribution in [0, 0.1) is 0 Å². The van der Waals surface area contributed by atoms with Crippen molar-refractivity contribution in [1.82, 2.24) is 20.4 Å². The maximum atomic E-state index is 14.6. The highest BCUT2D eigenvalue weighted by molar-refractivity contribution is 6.35. The molecule has 0 saturated carbocycles. The number of carbonyl (C=O) groups is 4. The van der Waals surface area contributed by atoms with E-state index >= 15 is 0 Å². The Hall–Kier alpha value is -2.92. The smallest absolute Gasteiger partial charge is 0.314 e. The molecule has 4 heterocycles. The number of aliphatic hydroxyl groups is 14. The minimum Gasteiger partial charge on any atom is -0.394 e. The number of ether oxygens (including phenoxy) is 6. The normalized spacial score (nSPS) is 40.0. The van der Waals surface area contributed by atoms with Crippen LogP contribution in [0.2, 0.25) is 0 Å². The summed E-state index contributed by atoms with van der Waals surface area (Å²) in [6, 6.07) is 0. The summed E-state index contributed by atoms with van der Waals surface area (Å²) in [5.74, 6) is -5.59. The molecule has 16 N–H and O–H groups in total. The molecule has 66 heavy (non-hydrogen) atoms. The van der Waals surface area contributed by atoms with Gasteiger partial charge in [-0.2, -0.15) is 0 Å². The minimum atomic E-state index is -2.36. The van der Waals surface area contributed by atoms with Crippen LogP contribution in [0.5, 0.6) is 0 Å². The van der Waals surface area contributed by atoms with E-state index in [1.165, 1.54) is 0 Å². The third-order valence-electron chi connectivity index (χ3n) is 10.9. The molecule has 0 aromatic rings. The molecule has 20 atom stereocenters. The second-order valence-electron chi connectivity index (χ2n) is 18.5. The lowest BCUT2D eigenvalue weighted by Gasteiger charge is -2.49. The van der Waals surface area contributed by atoms with Gasteiger partial charge in [0.15, 0.2) is 25.0 Å². The maximum absolute atomic E-state index is 14.6. The summed E-state index contributed by atoms with van der Waals surface area (Å²) >= 11 is 0. The molecule has 4 aliphatic heterocycles. The topological polar surface area (TPSA) is 437 Å². The van der Waals surface area contributed by atoms with Crippen molar-refractivity contribution in [2.24, 2.45) is 0 Å². The van der Waals surface area contributed by atoms with Crippen molar-refractivity contribution in [3.63, 3.8) is 0 Å². The molecule has 4 amide bonds. The van der Waals surface area contributed by atoms with Crippen molar-refractivity contribution < 1.29 is 119 Å². The lowest BCUT2D eigenvalue weighted by atomic mass is 9.95. The first-order valence-corrected chi connectivity index (χ1v) is 21.0. The van der Waals surface area contributed by atoms with Crippen LogP contribution in [-0.4, -0.2) is 278 Å². The average Bonchev–Trinajstić information content (AvgIpc) is 3.23. The summed E-state index contributed by atoms with van der Waals surface area (Å²) in [4.78, 5) is 56.7. The Balaban J connectivity index is 1.71. The van der Waals surface area contributed by atoms with Crippen LogP contribution >= 0.6 is 0 Å². The number of amides is 4. The fraction of sp³-hybridized carbons (Fsp3) is 0.895. The average molecular weight is 963 g/mol. The first-order valence-electron chi connectivity index (χ1n) is 21.0. The van der Waals surface area contributed by atoms with Crippen molar-refractivity contribution in [2.75, 3.05) is 39.5 Å². The number of nitrogens with zero attached hydrogens (tertiary/aromatic N) is 2. The van der Waals surface area contributed by atoms with Crippen LogP contribution in [0.1, 0.15) is 41.5 Å². The van der Waals surface area contributed by atoms with Gasteiger partial charge in [-0.3, -0.25) is 29.0 Å². The van der Waals surface area contributed by atoms with E-state index in [0.717, 1.165) is 0 Å². The molecule has 4 fully saturated rings. The second kappa shape index (κ2) is 22.7. The Morgan fingerprint density at radius 1 is 0.439 bits per heavy atom. The second-order valence-corrected chi connectivity index (χ2v) is 18.5. The molecule has 4 rings (SSSR count). The fourth-order valence-corrected chi connectivity index (χ4v) is 7.68. The molecular weight excluding hydrogens is 896 g/mol. The molecule has 0 aromatic heterocycles. The molecule has 0 radical (unpaired) electrons. The molecule has 28 heteroatoms. The zero-order valence-corrected chi connectivity index (χ0v) is 37.0. The molecule has 0 bridgehead atoms. The van der Waals surface area contributed by atoms with Crippen molar-refractivity contribution in [3.8, 4) is 0 Å². The predicted octanol–water partition coefficient (Wildman–Crippen LogP) is -10.3. The molecule has 382 valence electrons. The first-order chi connectivity index (χ1) is 30.6. The Morgan fingerprint density at radius 3 is 1.02 bits per heavy atom.